The van der Waals surface area contributed by atoms with Gasteiger partial charge in [0.15, 0.2) is 0 Å². The van der Waals surface area contributed by atoms with E-state index >= 15 is 0 Å². The smallest absolute Gasteiger partial charge is 0.262 e. The monoisotopic (exact) mass is 283 g/mol. The van der Waals surface area contributed by atoms with Crippen LogP contribution < -0.4 is 16.1 Å². The lowest BCUT2D eigenvalue weighted by Gasteiger charge is -2.06. The van der Waals surface area contributed by atoms with Gasteiger partial charge in [0.2, 0.25) is 11.8 Å². The second-order valence-corrected chi connectivity index (χ2v) is 3.84. The summed E-state index contributed by atoms with van der Waals surface area (Å²) in [5, 5.41) is 12.7. The van der Waals surface area contributed by atoms with E-state index in [1.807, 2.05) is 0 Å². The number of hydrogen-bond acceptors (Lipinski definition) is 4. The van der Waals surface area contributed by atoms with Crippen LogP contribution in [0.5, 0.6) is 0 Å². The van der Waals surface area contributed by atoms with Crippen molar-refractivity contribution in [3.05, 3.63) is 30.1 Å². The molecule has 1 aromatic carbocycles. The molecule has 4 N–H and O–H groups in total. The van der Waals surface area contributed by atoms with Gasteiger partial charge in [0.05, 0.1) is 12.2 Å². The van der Waals surface area contributed by atoms with E-state index in [9.17, 15) is 18.8 Å². The minimum atomic E-state index is -0.769. The fraction of sp³-hybridized carbons (Fsp3) is 0.250. The molecule has 3 amide bonds. The summed E-state index contributed by atoms with van der Waals surface area (Å²) in [5.41, 5.74) is 1.39. The van der Waals surface area contributed by atoms with Crippen molar-refractivity contribution < 1.29 is 24.0 Å². The van der Waals surface area contributed by atoms with Crippen LogP contribution in [0.2, 0.25) is 0 Å². The van der Waals surface area contributed by atoms with Crippen LogP contribution in [-0.2, 0) is 14.4 Å². The maximum Gasteiger partial charge on any atom is 0.262 e. The number of nitrogens with one attached hydrogen (secondary N) is 3. The number of hydrogen-bond donors (Lipinski definition) is 4. The third-order valence-electron chi connectivity index (χ3n) is 2.30. The number of carbonyl (C=O) groups excluding carboxylic acids is 3. The third-order valence-corrected chi connectivity index (χ3v) is 2.30. The predicted molar refractivity (Wildman–Crippen MR) is 67.2 cm³/mol. The zero-order valence-corrected chi connectivity index (χ0v) is 10.5. The van der Waals surface area contributed by atoms with Gasteiger partial charge in [-0.05, 0) is 12.1 Å². The lowest BCUT2D eigenvalue weighted by Crippen LogP contribution is -2.35. The van der Waals surface area contributed by atoms with Gasteiger partial charge in [-0.3, -0.25) is 19.6 Å². The highest BCUT2D eigenvalue weighted by molar-refractivity contribution is 5.93. The van der Waals surface area contributed by atoms with Crippen LogP contribution in [0, 0.1) is 5.82 Å². The molecule has 1 aromatic rings. The molecule has 1 rings (SSSR count). The van der Waals surface area contributed by atoms with E-state index in [0.717, 1.165) is 0 Å². The summed E-state index contributed by atoms with van der Waals surface area (Å²) >= 11 is 0. The fourth-order valence-electron chi connectivity index (χ4n) is 1.31. The van der Waals surface area contributed by atoms with Crippen LogP contribution in [0.4, 0.5) is 10.1 Å². The molecular formula is C12H14FN3O4. The van der Waals surface area contributed by atoms with Crippen LogP contribution in [-0.4, -0.2) is 29.5 Å². The van der Waals surface area contributed by atoms with Gasteiger partial charge in [0.25, 0.3) is 5.91 Å². The molecule has 8 heteroatoms. The van der Waals surface area contributed by atoms with E-state index in [1.54, 1.807) is 6.07 Å². The van der Waals surface area contributed by atoms with Gasteiger partial charge in [-0.25, -0.2) is 9.87 Å². The van der Waals surface area contributed by atoms with Crippen molar-refractivity contribution in [3.63, 3.8) is 0 Å². The highest BCUT2D eigenvalue weighted by Gasteiger charge is 2.10. The fourth-order valence-corrected chi connectivity index (χ4v) is 1.31. The molecule has 0 aliphatic rings. The minimum Gasteiger partial charge on any atom is -0.347 e. The van der Waals surface area contributed by atoms with Gasteiger partial charge in [0.1, 0.15) is 5.82 Å². The van der Waals surface area contributed by atoms with Crippen LogP contribution >= 0.6 is 0 Å². The van der Waals surface area contributed by atoms with Crippen LogP contribution in [0.15, 0.2) is 24.3 Å². The Hall–Kier alpha value is -2.48. The van der Waals surface area contributed by atoms with E-state index in [-0.39, 0.29) is 25.1 Å². The third kappa shape index (κ3) is 5.44. The lowest BCUT2D eigenvalue weighted by atomic mass is 10.2. The van der Waals surface area contributed by atoms with Crippen molar-refractivity contribution >= 4 is 23.4 Å². The average Bonchev–Trinajstić information content (AvgIpc) is 2.45. The molecule has 0 radical (unpaired) electrons. The largest absolute Gasteiger partial charge is 0.347 e. The number of amides is 3. The summed E-state index contributed by atoms with van der Waals surface area (Å²) in [6.07, 6.45) is -0.306. The Morgan fingerprint density at radius 2 is 1.70 bits per heavy atom. The van der Waals surface area contributed by atoms with Gasteiger partial charge >= 0.3 is 0 Å². The zero-order valence-electron chi connectivity index (χ0n) is 10.5. The Kier molecular flexibility index (Phi) is 6.11. The van der Waals surface area contributed by atoms with E-state index in [2.05, 4.69) is 10.6 Å². The first-order valence-electron chi connectivity index (χ1n) is 5.77. The van der Waals surface area contributed by atoms with Crippen molar-refractivity contribution in [2.24, 2.45) is 0 Å². The number of anilines is 1. The molecule has 0 fully saturated rings. The first-order chi connectivity index (χ1) is 9.52. The number of carbonyl (C=O) groups is 3. The van der Waals surface area contributed by atoms with E-state index in [0.29, 0.717) is 0 Å². The molecule has 0 spiro atoms. The van der Waals surface area contributed by atoms with Crippen LogP contribution in [0.3, 0.4) is 0 Å². The average molecular weight is 283 g/mol. The van der Waals surface area contributed by atoms with Crippen molar-refractivity contribution in [1.29, 1.82) is 0 Å². The van der Waals surface area contributed by atoms with Crippen molar-refractivity contribution in [2.75, 3.05) is 11.9 Å². The normalized spacial score (nSPS) is 9.70. The van der Waals surface area contributed by atoms with Crippen molar-refractivity contribution in [2.45, 2.75) is 12.8 Å². The first kappa shape index (κ1) is 15.6. The molecule has 0 bridgehead atoms. The number of halogens is 1. The van der Waals surface area contributed by atoms with Gasteiger partial charge in [0, 0.05) is 12.8 Å². The quantitative estimate of drug-likeness (QED) is 0.441. The number of hydroxylamine groups is 1. The Morgan fingerprint density at radius 1 is 1.05 bits per heavy atom. The molecule has 7 nitrogen and oxygen atoms in total. The summed E-state index contributed by atoms with van der Waals surface area (Å²) < 4.78 is 13.2. The molecule has 0 atom stereocenters. The molecule has 0 aliphatic heterocycles. The molecule has 0 aliphatic carbocycles. The Balaban J connectivity index is 2.31. The topological polar surface area (TPSA) is 108 Å². The highest BCUT2D eigenvalue weighted by atomic mass is 19.1. The number of benzene rings is 1. The molecule has 0 heterocycles. The molecule has 0 saturated carbocycles. The minimum absolute atomic E-state index is 0.0394. The lowest BCUT2D eigenvalue weighted by molar-refractivity contribution is -0.131. The van der Waals surface area contributed by atoms with E-state index in [4.69, 9.17) is 5.21 Å². The van der Waals surface area contributed by atoms with Gasteiger partial charge in [-0.15, -0.1) is 0 Å². The summed E-state index contributed by atoms with van der Waals surface area (Å²) in [7, 11) is 0. The highest BCUT2D eigenvalue weighted by Crippen LogP contribution is 2.12. The zero-order chi connectivity index (χ0) is 15.0. The summed E-state index contributed by atoms with van der Waals surface area (Å²) in [6, 6.07) is 5.66. The summed E-state index contributed by atoms with van der Waals surface area (Å²) in [5.74, 6) is -2.38. The Bertz CT molecular complexity index is 507. The van der Waals surface area contributed by atoms with Crippen molar-refractivity contribution in [1.82, 2.24) is 10.8 Å². The Morgan fingerprint density at radius 3 is 2.35 bits per heavy atom. The molecule has 0 saturated heterocycles. The predicted octanol–water partition coefficient (Wildman–Crippen LogP) is 0.166. The van der Waals surface area contributed by atoms with Gasteiger partial charge in [-0.1, -0.05) is 12.1 Å². The molecule has 108 valence electrons. The molecule has 0 unspecified atom stereocenters. The maximum absolute atomic E-state index is 13.2. The standard InChI is InChI=1S/C12H14FN3O4/c13-8-3-1-2-4-9(8)15-11(18)6-5-10(17)14-7-12(19)16-20/h1-4,20H,5-7H2,(H,14,17)(H,15,18)(H,16,19). The van der Waals surface area contributed by atoms with E-state index < -0.39 is 23.5 Å². The van der Waals surface area contributed by atoms with E-state index in [1.165, 1.54) is 23.7 Å². The van der Waals surface area contributed by atoms with Crippen LogP contribution in [0.1, 0.15) is 12.8 Å². The van der Waals surface area contributed by atoms with Crippen molar-refractivity contribution in [3.8, 4) is 0 Å². The second kappa shape index (κ2) is 7.85. The maximum atomic E-state index is 13.2. The molecule has 0 aromatic heterocycles. The number of para-hydroxylation sites is 1. The first-order valence-corrected chi connectivity index (χ1v) is 5.77. The van der Waals surface area contributed by atoms with Gasteiger partial charge < -0.3 is 10.6 Å². The summed E-state index contributed by atoms with van der Waals surface area (Å²) in [4.78, 5) is 33.4. The Labute approximate surface area is 114 Å². The number of rotatable bonds is 6. The molecular weight excluding hydrogens is 269 g/mol. The summed E-state index contributed by atoms with van der Waals surface area (Å²) in [6.45, 7) is -0.385. The van der Waals surface area contributed by atoms with Crippen LogP contribution in [0.25, 0.3) is 0 Å². The van der Waals surface area contributed by atoms with Gasteiger partial charge in [-0.2, -0.15) is 0 Å². The SMILES string of the molecule is O=C(CNC(=O)CCC(=O)Nc1ccccc1F)NO. The second-order valence-electron chi connectivity index (χ2n) is 3.84. The molecule has 20 heavy (non-hydrogen) atoms.